The van der Waals surface area contributed by atoms with E-state index >= 15 is 0 Å². The second-order valence-corrected chi connectivity index (χ2v) is 6.49. The fourth-order valence-electron chi connectivity index (χ4n) is 2.70. The molecule has 0 bridgehead atoms. The second-order valence-electron chi connectivity index (χ2n) is 6.05. The Hall–Kier alpha value is -2.26. The number of benzene rings is 2. The van der Waals surface area contributed by atoms with E-state index in [-0.39, 0.29) is 5.43 Å². The summed E-state index contributed by atoms with van der Waals surface area (Å²) in [6.07, 6.45) is 4.61. The Labute approximate surface area is 152 Å². The van der Waals surface area contributed by atoms with Gasteiger partial charge in [0.15, 0.2) is 5.43 Å². The average Bonchev–Trinajstić information content (AvgIpc) is 2.62. The van der Waals surface area contributed by atoms with Gasteiger partial charge in [-0.05, 0) is 48.9 Å². The van der Waals surface area contributed by atoms with Crippen LogP contribution in [0.4, 0.5) is 0 Å². The van der Waals surface area contributed by atoms with Crippen LogP contribution in [0.3, 0.4) is 0 Å². The van der Waals surface area contributed by atoms with E-state index in [0.717, 1.165) is 18.4 Å². The van der Waals surface area contributed by atoms with Crippen molar-refractivity contribution in [2.45, 2.75) is 32.6 Å². The minimum atomic E-state index is -0.0809. The fraction of sp³-hybridized carbons (Fsp3) is 0.286. The van der Waals surface area contributed by atoms with Gasteiger partial charge in [-0.1, -0.05) is 37.8 Å². The highest BCUT2D eigenvalue weighted by atomic mass is 35.5. The third kappa shape index (κ3) is 4.43. The molecule has 3 nitrogen and oxygen atoms in total. The van der Waals surface area contributed by atoms with Crippen LogP contribution in [0.1, 0.15) is 32.6 Å². The number of hydrogen-bond donors (Lipinski definition) is 0. The van der Waals surface area contributed by atoms with Crippen molar-refractivity contribution in [3.63, 3.8) is 0 Å². The SMILES string of the molecule is CCCCCCOc1ccc2oc(-c3ccc(Cl)cc3)cc(=O)c2c1. The lowest BCUT2D eigenvalue weighted by molar-refractivity contribution is 0.305. The molecule has 0 fully saturated rings. The Balaban J connectivity index is 1.81. The number of unbranched alkanes of at least 4 members (excludes halogenated alkanes) is 3. The van der Waals surface area contributed by atoms with E-state index in [0.29, 0.717) is 34.1 Å². The molecule has 0 N–H and O–H groups in total. The van der Waals surface area contributed by atoms with Crippen molar-refractivity contribution >= 4 is 22.6 Å². The summed E-state index contributed by atoms with van der Waals surface area (Å²) in [5, 5.41) is 1.18. The number of hydrogen-bond acceptors (Lipinski definition) is 3. The third-order valence-corrected chi connectivity index (χ3v) is 4.35. The van der Waals surface area contributed by atoms with E-state index in [9.17, 15) is 4.79 Å². The van der Waals surface area contributed by atoms with Crippen molar-refractivity contribution in [2.75, 3.05) is 6.61 Å². The van der Waals surface area contributed by atoms with Crippen LogP contribution in [0, 0.1) is 0 Å². The zero-order valence-corrected chi connectivity index (χ0v) is 15.0. The molecule has 25 heavy (non-hydrogen) atoms. The summed E-state index contributed by atoms with van der Waals surface area (Å²) in [5.41, 5.74) is 1.29. The van der Waals surface area contributed by atoms with Crippen LogP contribution in [0.5, 0.6) is 5.75 Å². The Kier molecular flexibility index (Phi) is 5.77. The van der Waals surface area contributed by atoms with Gasteiger partial charge in [-0.3, -0.25) is 4.79 Å². The molecule has 4 heteroatoms. The van der Waals surface area contributed by atoms with Crippen molar-refractivity contribution in [1.29, 1.82) is 0 Å². The highest BCUT2D eigenvalue weighted by Crippen LogP contribution is 2.25. The molecule has 0 aliphatic carbocycles. The van der Waals surface area contributed by atoms with Crippen LogP contribution in [0.15, 0.2) is 57.7 Å². The lowest BCUT2D eigenvalue weighted by Crippen LogP contribution is -2.02. The van der Waals surface area contributed by atoms with E-state index in [2.05, 4.69) is 6.92 Å². The maximum Gasteiger partial charge on any atom is 0.193 e. The Morgan fingerprint density at radius 3 is 2.56 bits per heavy atom. The van der Waals surface area contributed by atoms with Gasteiger partial charge in [0.05, 0.1) is 12.0 Å². The molecule has 1 aromatic heterocycles. The third-order valence-electron chi connectivity index (χ3n) is 4.09. The number of rotatable bonds is 7. The van der Waals surface area contributed by atoms with Crippen LogP contribution in [0.2, 0.25) is 5.02 Å². The predicted molar refractivity (Wildman–Crippen MR) is 103 cm³/mol. The molecule has 2 aromatic carbocycles. The van der Waals surface area contributed by atoms with Crippen molar-refractivity contribution in [1.82, 2.24) is 0 Å². The van der Waals surface area contributed by atoms with E-state index in [4.69, 9.17) is 20.8 Å². The molecule has 3 aromatic rings. The molecule has 0 aliphatic heterocycles. The summed E-state index contributed by atoms with van der Waals surface area (Å²) in [6, 6.07) is 14.1. The van der Waals surface area contributed by atoms with Crippen LogP contribution in [0.25, 0.3) is 22.3 Å². The minimum Gasteiger partial charge on any atom is -0.494 e. The van der Waals surface area contributed by atoms with Crippen LogP contribution < -0.4 is 10.2 Å². The van der Waals surface area contributed by atoms with Gasteiger partial charge in [0, 0.05) is 16.7 Å². The maximum absolute atomic E-state index is 12.5. The van der Waals surface area contributed by atoms with Gasteiger partial charge in [0.2, 0.25) is 0 Å². The van der Waals surface area contributed by atoms with Gasteiger partial charge in [-0.25, -0.2) is 0 Å². The lowest BCUT2D eigenvalue weighted by atomic mass is 10.1. The molecule has 130 valence electrons. The first kappa shape index (κ1) is 17.6. The molecule has 0 atom stereocenters. The Morgan fingerprint density at radius 1 is 1.00 bits per heavy atom. The number of fused-ring (bicyclic) bond motifs is 1. The first-order valence-corrected chi connectivity index (χ1v) is 9.02. The van der Waals surface area contributed by atoms with E-state index < -0.39 is 0 Å². The first-order valence-electron chi connectivity index (χ1n) is 8.64. The van der Waals surface area contributed by atoms with Crippen molar-refractivity contribution in [3.05, 3.63) is 63.8 Å². The lowest BCUT2D eigenvalue weighted by Gasteiger charge is -2.08. The summed E-state index contributed by atoms with van der Waals surface area (Å²) in [7, 11) is 0. The second kappa shape index (κ2) is 8.21. The molecule has 0 radical (unpaired) electrons. The highest BCUT2D eigenvalue weighted by molar-refractivity contribution is 6.30. The predicted octanol–water partition coefficient (Wildman–Crippen LogP) is 6.07. The van der Waals surface area contributed by atoms with Gasteiger partial charge in [-0.2, -0.15) is 0 Å². The van der Waals surface area contributed by atoms with Gasteiger partial charge in [0.1, 0.15) is 17.1 Å². The van der Waals surface area contributed by atoms with E-state index in [1.54, 1.807) is 24.3 Å². The van der Waals surface area contributed by atoms with Crippen LogP contribution in [-0.4, -0.2) is 6.61 Å². The standard InChI is InChI=1S/C21H21ClO3/c1-2-3-4-5-12-24-17-10-11-20-18(13-17)19(23)14-21(25-20)15-6-8-16(22)9-7-15/h6-11,13-14H,2-5,12H2,1H3. The van der Waals surface area contributed by atoms with Crippen molar-refractivity contribution in [2.24, 2.45) is 0 Å². The number of ether oxygens (including phenoxy) is 1. The molecule has 3 rings (SSSR count). The first-order chi connectivity index (χ1) is 12.2. The normalized spacial score (nSPS) is 11.0. The molecular formula is C21H21ClO3. The van der Waals surface area contributed by atoms with E-state index in [1.807, 2.05) is 18.2 Å². The Bertz CT molecular complexity index is 897. The zero-order chi connectivity index (χ0) is 17.6. The van der Waals surface area contributed by atoms with Gasteiger partial charge in [-0.15, -0.1) is 0 Å². The molecular weight excluding hydrogens is 336 g/mol. The monoisotopic (exact) mass is 356 g/mol. The molecule has 1 heterocycles. The summed E-state index contributed by atoms with van der Waals surface area (Å²) in [5.74, 6) is 1.23. The van der Waals surface area contributed by atoms with E-state index in [1.165, 1.54) is 18.9 Å². The smallest absolute Gasteiger partial charge is 0.193 e. The largest absolute Gasteiger partial charge is 0.494 e. The fourth-order valence-corrected chi connectivity index (χ4v) is 2.83. The summed E-state index contributed by atoms with van der Waals surface area (Å²) in [6.45, 7) is 2.85. The van der Waals surface area contributed by atoms with Crippen molar-refractivity contribution in [3.8, 4) is 17.1 Å². The molecule has 0 aliphatic rings. The van der Waals surface area contributed by atoms with Crippen molar-refractivity contribution < 1.29 is 9.15 Å². The molecule has 0 saturated heterocycles. The number of halogens is 1. The zero-order valence-electron chi connectivity index (χ0n) is 14.3. The molecule has 0 amide bonds. The highest BCUT2D eigenvalue weighted by Gasteiger charge is 2.08. The average molecular weight is 357 g/mol. The van der Waals surface area contributed by atoms with Crippen LogP contribution >= 0.6 is 11.6 Å². The minimum absolute atomic E-state index is 0.0809. The molecule has 0 unspecified atom stereocenters. The quantitative estimate of drug-likeness (QED) is 0.482. The van der Waals surface area contributed by atoms with Crippen LogP contribution in [-0.2, 0) is 0 Å². The summed E-state index contributed by atoms with van der Waals surface area (Å²) in [4.78, 5) is 12.5. The summed E-state index contributed by atoms with van der Waals surface area (Å²) < 4.78 is 11.6. The molecule has 0 spiro atoms. The van der Waals surface area contributed by atoms with Gasteiger partial charge >= 0.3 is 0 Å². The molecule has 0 saturated carbocycles. The van der Waals surface area contributed by atoms with Gasteiger partial charge in [0.25, 0.3) is 0 Å². The Morgan fingerprint density at radius 2 is 1.80 bits per heavy atom. The van der Waals surface area contributed by atoms with Gasteiger partial charge < -0.3 is 9.15 Å². The summed E-state index contributed by atoms with van der Waals surface area (Å²) >= 11 is 5.91. The maximum atomic E-state index is 12.5. The topological polar surface area (TPSA) is 39.4 Å².